The summed E-state index contributed by atoms with van der Waals surface area (Å²) in [5.41, 5.74) is 3.07. The van der Waals surface area contributed by atoms with Gasteiger partial charge in [-0.1, -0.05) is 57.4 Å². The molecule has 1 aliphatic carbocycles. The Balaban J connectivity index is 1.99. The molecule has 0 saturated heterocycles. The Labute approximate surface area is 125 Å². The van der Waals surface area contributed by atoms with E-state index in [0.717, 1.165) is 11.8 Å². The van der Waals surface area contributed by atoms with Gasteiger partial charge < -0.3 is 5.32 Å². The number of benzene rings is 1. The fourth-order valence-electron chi connectivity index (χ4n) is 3.58. The zero-order valence-electron chi connectivity index (χ0n) is 13.3. The van der Waals surface area contributed by atoms with Crippen LogP contribution in [0, 0.1) is 5.92 Å². The van der Waals surface area contributed by atoms with Gasteiger partial charge in [0.1, 0.15) is 0 Å². The van der Waals surface area contributed by atoms with Crippen molar-refractivity contribution >= 4 is 0 Å². The molecule has 0 amide bonds. The lowest BCUT2D eigenvalue weighted by Gasteiger charge is -2.32. The minimum atomic E-state index is 0.781. The van der Waals surface area contributed by atoms with E-state index in [-0.39, 0.29) is 0 Å². The van der Waals surface area contributed by atoms with Crippen LogP contribution in [0.3, 0.4) is 0 Å². The van der Waals surface area contributed by atoms with E-state index in [1.54, 1.807) is 5.56 Å². The minimum absolute atomic E-state index is 0.781. The predicted molar refractivity (Wildman–Crippen MR) is 88.3 cm³/mol. The molecule has 1 aromatic carbocycles. The van der Waals surface area contributed by atoms with Crippen LogP contribution in [-0.4, -0.2) is 13.1 Å². The maximum atomic E-state index is 3.64. The zero-order chi connectivity index (χ0) is 14.2. The van der Waals surface area contributed by atoms with E-state index >= 15 is 0 Å². The number of nitrogens with one attached hydrogen (secondary N) is 1. The molecular formula is C19H31N. The Morgan fingerprint density at radius 2 is 1.75 bits per heavy atom. The topological polar surface area (TPSA) is 12.0 Å². The van der Waals surface area contributed by atoms with Crippen LogP contribution < -0.4 is 5.32 Å². The van der Waals surface area contributed by atoms with Crippen molar-refractivity contribution in [2.45, 2.75) is 64.7 Å². The largest absolute Gasteiger partial charge is 0.316 e. The SMILES string of the molecule is CCCNCC1CCCCC1c1ccc(CCC)cc1. The minimum Gasteiger partial charge on any atom is -0.316 e. The maximum Gasteiger partial charge on any atom is -0.00147 e. The summed E-state index contributed by atoms with van der Waals surface area (Å²) in [6.45, 7) is 6.87. The average molecular weight is 273 g/mol. The fourth-order valence-corrected chi connectivity index (χ4v) is 3.58. The third-order valence-corrected chi connectivity index (χ3v) is 4.69. The first-order chi connectivity index (χ1) is 9.85. The van der Waals surface area contributed by atoms with Crippen molar-refractivity contribution < 1.29 is 0 Å². The number of hydrogen-bond acceptors (Lipinski definition) is 1. The van der Waals surface area contributed by atoms with Gasteiger partial charge in [-0.25, -0.2) is 0 Å². The van der Waals surface area contributed by atoms with Crippen LogP contribution in [0.1, 0.15) is 69.4 Å². The number of hydrogen-bond donors (Lipinski definition) is 1. The molecule has 1 N–H and O–H groups in total. The second-order valence-electron chi connectivity index (χ2n) is 6.35. The first kappa shape index (κ1) is 15.6. The summed E-state index contributed by atoms with van der Waals surface area (Å²) >= 11 is 0. The molecule has 1 fully saturated rings. The van der Waals surface area contributed by atoms with E-state index in [4.69, 9.17) is 0 Å². The molecule has 2 unspecified atom stereocenters. The maximum absolute atomic E-state index is 3.64. The summed E-state index contributed by atoms with van der Waals surface area (Å²) in [5.74, 6) is 1.62. The molecular weight excluding hydrogens is 242 g/mol. The molecule has 0 bridgehead atoms. The van der Waals surface area contributed by atoms with Gasteiger partial charge in [0.2, 0.25) is 0 Å². The van der Waals surface area contributed by atoms with Gasteiger partial charge in [-0.15, -0.1) is 0 Å². The Hall–Kier alpha value is -0.820. The third kappa shape index (κ3) is 4.34. The highest BCUT2D eigenvalue weighted by Gasteiger charge is 2.25. The van der Waals surface area contributed by atoms with Crippen LogP contribution in [0.25, 0.3) is 0 Å². The van der Waals surface area contributed by atoms with Crippen molar-refractivity contribution in [3.63, 3.8) is 0 Å². The van der Waals surface area contributed by atoms with Gasteiger partial charge in [-0.3, -0.25) is 0 Å². The smallest absolute Gasteiger partial charge is 0.00147 e. The summed E-state index contributed by atoms with van der Waals surface area (Å²) in [7, 11) is 0. The lowest BCUT2D eigenvalue weighted by Crippen LogP contribution is -2.30. The Morgan fingerprint density at radius 1 is 1.00 bits per heavy atom. The second-order valence-corrected chi connectivity index (χ2v) is 6.35. The molecule has 2 rings (SSSR count). The summed E-state index contributed by atoms with van der Waals surface area (Å²) in [6.07, 6.45) is 9.31. The Bertz CT molecular complexity index is 368. The van der Waals surface area contributed by atoms with E-state index < -0.39 is 0 Å². The molecule has 0 aromatic heterocycles. The van der Waals surface area contributed by atoms with Gasteiger partial charge in [-0.05, 0) is 61.7 Å². The van der Waals surface area contributed by atoms with Crippen LogP contribution in [0.2, 0.25) is 0 Å². The van der Waals surface area contributed by atoms with Gasteiger partial charge in [0.25, 0.3) is 0 Å². The molecule has 20 heavy (non-hydrogen) atoms. The van der Waals surface area contributed by atoms with Crippen molar-refractivity contribution in [1.82, 2.24) is 5.32 Å². The van der Waals surface area contributed by atoms with E-state index in [9.17, 15) is 0 Å². The highest BCUT2D eigenvalue weighted by atomic mass is 14.9. The molecule has 1 aromatic rings. The van der Waals surface area contributed by atoms with E-state index in [2.05, 4.69) is 43.4 Å². The van der Waals surface area contributed by atoms with Crippen LogP contribution in [0.5, 0.6) is 0 Å². The van der Waals surface area contributed by atoms with Crippen LogP contribution >= 0.6 is 0 Å². The van der Waals surface area contributed by atoms with Crippen molar-refractivity contribution in [3.8, 4) is 0 Å². The quantitative estimate of drug-likeness (QED) is 0.696. The standard InChI is InChI=1S/C19H31N/c1-3-7-16-10-12-17(13-11-16)19-9-6-5-8-18(19)15-20-14-4-2/h10-13,18-20H,3-9,14-15H2,1-2H3. The molecule has 0 aliphatic heterocycles. The monoisotopic (exact) mass is 273 g/mol. The van der Waals surface area contributed by atoms with Crippen LogP contribution in [0.15, 0.2) is 24.3 Å². The number of aryl methyl sites for hydroxylation is 1. The lowest BCUT2D eigenvalue weighted by atomic mass is 9.75. The summed E-state index contributed by atoms with van der Waals surface area (Å²) in [5, 5.41) is 3.64. The molecule has 1 nitrogen and oxygen atoms in total. The van der Waals surface area contributed by atoms with Gasteiger partial charge >= 0.3 is 0 Å². The number of rotatable bonds is 7. The summed E-state index contributed by atoms with van der Waals surface area (Å²) < 4.78 is 0. The molecule has 0 radical (unpaired) electrons. The average Bonchev–Trinajstić information content (AvgIpc) is 2.49. The molecule has 112 valence electrons. The van der Waals surface area contributed by atoms with Crippen LogP contribution in [0.4, 0.5) is 0 Å². The Morgan fingerprint density at radius 3 is 2.45 bits per heavy atom. The second kappa shape index (κ2) is 8.46. The molecule has 1 heteroatoms. The van der Waals surface area contributed by atoms with Crippen molar-refractivity contribution in [1.29, 1.82) is 0 Å². The fraction of sp³-hybridized carbons (Fsp3) is 0.684. The highest BCUT2D eigenvalue weighted by Crippen LogP contribution is 2.37. The van der Waals surface area contributed by atoms with Crippen molar-refractivity contribution in [3.05, 3.63) is 35.4 Å². The van der Waals surface area contributed by atoms with Gasteiger partial charge in [0.05, 0.1) is 0 Å². The van der Waals surface area contributed by atoms with Crippen LogP contribution in [-0.2, 0) is 6.42 Å². The summed E-state index contributed by atoms with van der Waals surface area (Å²) in [4.78, 5) is 0. The van der Waals surface area contributed by atoms with Gasteiger partial charge in [-0.2, -0.15) is 0 Å². The molecule has 0 spiro atoms. The van der Waals surface area contributed by atoms with Gasteiger partial charge in [0, 0.05) is 0 Å². The first-order valence-corrected chi connectivity index (χ1v) is 8.64. The van der Waals surface area contributed by atoms with E-state index in [0.29, 0.717) is 0 Å². The van der Waals surface area contributed by atoms with E-state index in [1.807, 2.05) is 0 Å². The highest BCUT2D eigenvalue weighted by molar-refractivity contribution is 5.26. The zero-order valence-corrected chi connectivity index (χ0v) is 13.3. The van der Waals surface area contributed by atoms with Crippen molar-refractivity contribution in [2.24, 2.45) is 5.92 Å². The third-order valence-electron chi connectivity index (χ3n) is 4.69. The lowest BCUT2D eigenvalue weighted by molar-refractivity contribution is 0.296. The predicted octanol–water partition coefficient (Wildman–Crippen LogP) is 4.91. The van der Waals surface area contributed by atoms with Crippen molar-refractivity contribution in [2.75, 3.05) is 13.1 Å². The van der Waals surface area contributed by atoms with Gasteiger partial charge in [0.15, 0.2) is 0 Å². The molecule has 1 saturated carbocycles. The normalized spacial score (nSPS) is 22.9. The molecule has 0 heterocycles. The first-order valence-electron chi connectivity index (χ1n) is 8.64. The molecule has 2 atom stereocenters. The Kier molecular flexibility index (Phi) is 6.59. The summed E-state index contributed by atoms with van der Waals surface area (Å²) in [6, 6.07) is 9.50. The van der Waals surface area contributed by atoms with E-state index in [1.165, 1.54) is 63.6 Å². The molecule has 1 aliphatic rings.